The minimum atomic E-state index is -0.0732. The number of carbonyl (C=O) groups is 1. The molecule has 0 spiro atoms. The number of para-hydroxylation sites is 1. The molecule has 0 aromatic heterocycles. The van der Waals surface area contributed by atoms with Crippen LogP contribution in [-0.2, 0) is 0 Å². The van der Waals surface area contributed by atoms with Crippen molar-refractivity contribution >= 4 is 17.3 Å². The van der Waals surface area contributed by atoms with Crippen LogP contribution in [0.5, 0.6) is 0 Å². The average molecular weight is 276 g/mol. The predicted octanol–water partition coefficient (Wildman–Crippen LogP) is 1.59. The molecule has 0 atom stereocenters. The maximum Gasteiger partial charge on any atom is 0.253 e. The molecular weight excluding hydrogens is 252 g/mol. The molecular formula is C15H24N4O. The highest BCUT2D eigenvalue weighted by atomic mass is 16.1. The quantitative estimate of drug-likeness (QED) is 0.782. The van der Waals surface area contributed by atoms with Gasteiger partial charge in [0.15, 0.2) is 0 Å². The lowest BCUT2D eigenvalue weighted by Crippen LogP contribution is -2.48. The predicted molar refractivity (Wildman–Crippen MR) is 83.5 cm³/mol. The van der Waals surface area contributed by atoms with Gasteiger partial charge in [0.05, 0.1) is 16.9 Å². The number of anilines is 2. The lowest BCUT2D eigenvalue weighted by molar-refractivity contribution is 0.0920. The van der Waals surface area contributed by atoms with Gasteiger partial charge >= 0.3 is 0 Å². The van der Waals surface area contributed by atoms with Gasteiger partial charge in [-0.25, -0.2) is 0 Å². The zero-order chi connectivity index (χ0) is 14.8. The molecule has 1 aliphatic rings. The highest BCUT2D eigenvalue weighted by Gasteiger charge is 2.23. The lowest BCUT2D eigenvalue weighted by Gasteiger charge is -2.32. The van der Waals surface area contributed by atoms with Crippen LogP contribution in [0.4, 0.5) is 11.4 Å². The van der Waals surface area contributed by atoms with E-state index in [-0.39, 0.29) is 11.4 Å². The van der Waals surface area contributed by atoms with Gasteiger partial charge in [-0.1, -0.05) is 6.07 Å². The molecule has 1 aliphatic heterocycles. The number of likely N-dealkylation sites (N-methyl/N-ethyl adjacent to an activating group) is 1. The minimum absolute atomic E-state index is 0.0343. The number of benzene rings is 1. The summed E-state index contributed by atoms with van der Waals surface area (Å²) in [5, 5.41) is 9.62. The Morgan fingerprint density at radius 3 is 2.70 bits per heavy atom. The summed E-state index contributed by atoms with van der Waals surface area (Å²) in [7, 11) is 4.03. The lowest BCUT2D eigenvalue weighted by atomic mass is 10.0. The normalized spacial score (nSPS) is 14.2. The van der Waals surface area contributed by atoms with Crippen LogP contribution in [0.25, 0.3) is 0 Å². The second-order valence-electron chi connectivity index (χ2n) is 5.97. The summed E-state index contributed by atoms with van der Waals surface area (Å²) in [5.41, 5.74) is 2.52. The van der Waals surface area contributed by atoms with Crippen molar-refractivity contribution in [3.63, 3.8) is 0 Å². The zero-order valence-electron chi connectivity index (χ0n) is 12.7. The number of fused-ring (bicyclic) bond motifs is 1. The van der Waals surface area contributed by atoms with Crippen molar-refractivity contribution in [2.45, 2.75) is 19.4 Å². The summed E-state index contributed by atoms with van der Waals surface area (Å²) >= 11 is 0. The fourth-order valence-corrected chi connectivity index (χ4v) is 2.01. The zero-order valence-corrected chi connectivity index (χ0v) is 12.7. The number of carbonyl (C=O) groups excluding carboxylic acids is 1. The van der Waals surface area contributed by atoms with Gasteiger partial charge in [0.25, 0.3) is 5.91 Å². The first kappa shape index (κ1) is 14.7. The number of rotatable bonds is 4. The molecule has 0 aliphatic carbocycles. The molecule has 0 bridgehead atoms. The van der Waals surface area contributed by atoms with E-state index in [2.05, 4.69) is 34.7 Å². The van der Waals surface area contributed by atoms with Crippen LogP contribution < -0.4 is 16.0 Å². The molecule has 20 heavy (non-hydrogen) atoms. The Bertz CT molecular complexity index is 497. The van der Waals surface area contributed by atoms with Crippen molar-refractivity contribution < 1.29 is 4.79 Å². The highest BCUT2D eigenvalue weighted by molar-refractivity contribution is 6.02. The van der Waals surface area contributed by atoms with E-state index in [1.54, 1.807) is 0 Å². The number of nitrogens with zero attached hydrogens (tertiary/aromatic N) is 1. The SMILES string of the molecule is CN(C)C(C)(C)CNC(=O)c1cccc2c1NCCN2. The molecule has 1 heterocycles. The van der Waals surface area contributed by atoms with E-state index in [1.807, 2.05) is 32.3 Å². The Morgan fingerprint density at radius 1 is 1.30 bits per heavy atom. The first-order chi connectivity index (χ1) is 9.42. The second kappa shape index (κ2) is 5.71. The van der Waals surface area contributed by atoms with E-state index in [4.69, 9.17) is 0 Å². The topological polar surface area (TPSA) is 56.4 Å². The third-order valence-electron chi connectivity index (χ3n) is 3.94. The summed E-state index contributed by atoms with van der Waals surface area (Å²) in [6, 6.07) is 5.75. The maximum atomic E-state index is 12.4. The van der Waals surface area contributed by atoms with E-state index < -0.39 is 0 Å². The average Bonchev–Trinajstić information content (AvgIpc) is 2.44. The smallest absolute Gasteiger partial charge is 0.253 e. The maximum absolute atomic E-state index is 12.4. The van der Waals surface area contributed by atoms with Crippen LogP contribution >= 0.6 is 0 Å². The van der Waals surface area contributed by atoms with Crippen molar-refractivity contribution in [3.05, 3.63) is 23.8 Å². The van der Waals surface area contributed by atoms with Crippen molar-refractivity contribution in [1.29, 1.82) is 0 Å². The van der Waals surface area contributed by atoms with E-state index in [0.29, 0.717) is 12.1 Å². The summed E-state index contributed by atoms with van der Waals surface area (Å²) in [4.78, 5) is 14.5. The molecule has 0 saturated heterocycles. The van der Waals surface area contributed by atoms with E-state index in [0.717, 1.165) is 24.5 Å². The van der Waals surface area contributed by atoms with E-state index in [1.165, 1.54) is 0 Å². The summed E-state index contributed by atoms with van der Waals surface area (Å²) in [5.74, 6) is -0.0343. The van der Waals surface area contributed by atoms with Gasteiger partial charge in [-0.15, -0.1) is 0 Å². The van der Waals surface area contributed by atoms with E-state index in [9.17, 15) is 4.79 Å². The molecule has 2 rings (SSSR count). The molecule has 110 valence electrons. The fourth-order valence-electron chi connectivity index (χ4n) is 2.01. The van der Waals surface area contributed by atoms with Crippen LogP contribution in [0.2, 0.25) is 0 Å². The Morgan fingerprint density at radius 2 is 2.00 bits per heavy atom. The van der Waals surface area contributed by atoms with Crippen molar-refractivity contribution in [1.82, 2.24) is 10.2 Å². The molecule has 0 fully saturated rings. The van der Waals surface area contributed by atoms with Gasteiger partial charge in [-0.2, -0.15) is 0 Å². The van der Waals surface area contributed by atoms with Crippen LogP contribution in [-0.4, -0.2) is 50.1 Å². The van der Waals surface area contributed by atoms with Gasteiger partial charge in [0.2, 0.25) is 0 Å². The van der Waals surface area contributed by atoms with Gasteiger partial charge in [-0.05, 0) is 40.1 Å². The van der Waals surface area contributed by atoms with Crippen LogP contribution in [0, 0.1) is 0 Å². The van der Waals surface area contributed by atoms with Gasteiger partial charge < -0.3 is 20.9 Å². The molecule has 5 heteroatoms. The molecule has 3 N–H and O–H groups in total. The molecule has 1 amide bonds. The molecule has 0 radical (unpaired) electrons. The Balaban J connectivity index is 2.10. The Labute approximate surface area is 120 Å². The van der Waals surface area contributed by atoms with Crippen LogP contribution in [0.3, 0.4) is 0 Å². The van der Waals surface area contributed by atoms with Gasteiger partial charge in [-0.3, -0.25) is 4.79 Å². The van der Waals surface area contributed by atoms with Gasteiger partial charge in [0, 0.05) is 25.2 Å². The molecule has 0 unspecified atom stereocenters. The fraction of sp³-hybridized carbons (Fsp3) is 0.533. The van der Waals surface area contributed by atoms with Gasteiger partial charge in [0.1, 0.15) is 0 Å². The number of hydrogen-bond donors (Lipinski definition) is 3. The van der Waals surface area contributed by atoms with Crippen LogP contribution in [0.15, 0.2) is 18.2 Å². The second-order valence-corrected chi connectivity index (χ2v) is 5.97. The molecule has 5 nitrogen and oxygen atoms in total. The van der Waals surface area contributed by atoms with Crippen molar-refractivity contribution in [2.75, 3.05) is 44.4 Å². The molecule has 1 aromatic rings. The standard InChI is InChI=1S/C15H24N4O/c1-15(2,19(3)4)10-18-14(20)11-6-5-7-12-13(11)17-9-8-16-12/h5-7,16-17H,8-10H2,1-4H3,(H,18,20). The minimum Gasteiger partial charge on any atom is -0.382 e. The van der Waals surface area contributed by atoms with Crippen LogP contribution in [0.1, 0.15) is 24.2 Å². The Kier molecular flexibility index (Phi) is 4.18. The van der Waals surface area contributed by atoms with E-state index >= 15 is 0 Å². The molecule has 0 saturated carbocycles. The van der Waals surface area contributed by atoms with Crippen molar-refractivity contribution in [2.24, 2.45) is 0 Å². The highest BCUT2D eigenvalue weighted by Crippen LogP contribution is 2.28. The third kappa shape index (κ3) is 3.04. The summed E-state index contributed by atoms with van der Waals surface area (Å²) in [6.45, 7) is 6.53. The molecule has 1 aromatic carbocycles. The third-order valence-corrected chi connectivity index (χ3v) is 3.94. The monoisotopic (exact) mass is 276 g/mol. The Hall–Kier alpha value is -1.75. The first-order valence-electron chi connectivity index (χ1n) is 6.98. The number of hydrogen-bond acceptors (Lipinski definition) is 4. The van der Waals surface area contributed by atoms with Crippen molar-refractivity contribution in [3.8, 4) is 0 Å². The summed E-state index contributed by atoms with van der Waals surface area (Å²) in [6.07, 6.45) is 0. The largest absolute Gasteiger partial charge is 0.382 e. The first-order valence-corrected chi connectivity index (χ1v) is 6.98. The summed E-state index contributed by atoms with van der Waals surface area (Å²) < 4.78 is 0. The number of nitrogens with one attached hydrogen (secondary N) is 3. The number of amides is 1.